The van der Waals surface area contributed by atoms with Crippen molar-refractivity contribution in [1.29, 1.82) is 0 Å². The van der Waals surface area contributed by atoms with E-state index in [1.54, 1.807) is 6.07 Å². The third-order valence-electron chi connectivity index (χ3n) is 5.08. The van der Waals surface area contributed by atoms with Crippen LogP contribution in [0.25, 0.3) is 0 Å². The van der Waals surface area contributed by atoms with Crippen molar-refractivity contribution in [2.45, 2.75) is 52.5 Å². The fraction of sp³-hybridized carbons (Fsp3) is 0.722. The molecule has 1 amide bonds. The lowest BCUT2D eigenvalue weighted by atomic mass is 9.86. The summed E-state index contributed by atoms with van der Waals surface area (Å²) >= 11 is 0. The van der Waals surface area contributed by atoms with Crippen LogP contribution in [0.3, 0.4) is 0 Å². The first-order valence-electron chi connectivity index (χ1n) is 9.12. The molecule has 0 spiro atoms. The second-order valence-corrected chi connectivity index (χ2v) is 6.69. The number of aryl methyl sites for hydroxylation is 1. The zero-order valence-electron chi connectivity index (χ0n) is 15.3. The van der Waals surface area contributed by atoms with Crippen LogP contribution in [0.4, 0.5) is 0 Å². The summed E-state index contributed by atoms with van der Waals surface area (Å²) in [5.74, 6) is -1.73. The van der Waals surface area contributed by atoms with Gasteiger partial charge in [-0.3, -0.25) is 14.3 Å². The van der Waals surface area contributed by atoms with E-state index in [0.717, 1.165) is 31.4 Å². The Bertz CT molecular complexity index is 589. The first-order chi connectivity index (χ1) is 12.0. The molecule has 7 heteroatoms. The Morgan fingerprint density at radius 2 is 2.00 bits per heavy atom. The van der Waals surface area contributed by atoms with Gasteiger partial charge in [-0.2, -0.15) is 5.10 Å². The van der Waals surface area contributed by atoms with Crippen molar-refractivity contribution >= 4 is 11.9 Å². The van der Waals surface area contributed by atoms with E-state index in [-0.39, 0.29) is 24.4 Å². The number of amides is 1. The second kappa shape index (κ2) is 8.99. The summed E-state index contributed by atoms with van der Waals surface area (Å²) in [5, 5.41) is 16.7. The molecule has 2 rings (SSSR count). The van der Waals surface area contributed by atoms with Gasteiger partial charge in [0.1, 0.15) is 5.69 Å². The van der Waals surface area contributed by atoms with Gasteiger partial charge in [0.15, 0.2) is 0 Å². The van der Waals surface area contributed by atoms with Gasteiger partial charge in [-0.1, -0.05) is 13.8 Å². The third kappa shape index (κ3) is 4.81. The molecule has 25 heavy (non-hydrogen) atoms. The minimum atomic E-state index is -0.870. The van der Waals surface area contributed by atoms with Gasteiger partial charge in [-0.05, 0) is 44.6 Å². The molecule has 1 aromatic heterocycles. The summed E-state index contributed by atoms with van der Waals surface area (Å²) in [7, 11) is 0. The number of hydrogen-bond acceptors (Lipinski definition) is 4. The fourth-order valence-electron chi connectivity index (χ4n) is 3.47. The van der Waals surface area contributed by atoms with Gasteiger partial charge in [-0.15, -0.1) is 0 Å². The number of aromatic nitrogens is 2. The number of nitrogens with zero attached hydrogens (tertiary/aromatic N) is 2. The monoisotopic (exact) mass is 351 g/mol. The molecule has 1 saturated heterocycles. The van der Waals surface area contributed by atoms with Crippen LogP contribution in [0, 0.1) is 18.8 Å². The van der Waals surface area contributed by atoms with Crippen LogP contribution in [-0.2, 0) is 9.53 Å². The normalized spacial score (nSPS) is 16.8. The van der Waals surface area contributed by atoms with Crippen LogP contribution in [0.5, 0.6) is 0 Å². The van der Waals surface area contributed by atoms with Gasteiger partial charge in [0.2, 0.25) is 0 Å². The van der Waals surface area contributed by atoms with Crippen molar-refractivity contribution in [2.75, 3.05) is 19.8 Å². The molecule has 140 valence electrons. The molecule has 1 atom stereocenters. The number of rotatable bonds is 8. The van der Waals surface area contributed by atoms with E-state index in [0.29, 0.717) is 18.9 Å². The molecule has 0 aromatic carbocycles. The highest BCUT2D eigenvalue weighted by Gasteiger charge is 2.30. The molecule has 0 radical (unpaired) electrons. The van der Waals surface area contributed by atoms with E-state index < -0.39 is 11.9 Å². The van der Waals surface area contributed by atoms with Crippen LogP contribution in [0.1, 0.15) is 61.8 Å². The summed E-state index contributed by atoms with van der Waals surface area (Å²) < 4.78 is 7.18. The molecule has 2 N–H and O–H groups in total. The molecule has 1 aromatic rings. The predicted octanol–water partition coefficient (Wildman–Crippen LogP) is 2.41. The van der Waals surface area contributed by atoms with E-state index in [1.165, 1.54) is 0 Å². The molecule has 1 unspecified atom stereocenters. The summed E-state index contributed by atoms with van der Waals surface area (Å²) in [6.45, 7) is 7.42. The average Bonchev–Trinajstić information content (AvgIpc) is 2.99. The van der Waals surface area contributed by atoms with Gasteiger partial charge in [-0.25, -0.2) is 0 Å². The summed E-state index contributed by atoms with van der Waals surface area (Å²) in [6, 6.07) is 2.04. The van der Waals surface area contributed by atoms with E-state index >= 15 is 0 Å². The van der Waals surface area contributed by atoms with Crippen LogP contribution in [-0.4, -0.2) is 46.5 Å². The number of ether oxygens (including phenoxy) is 1. The van der Waals surface area contributed by atoms with Crippen molar-refractivity contribution < 1.29 is 19.4 Å². The van der Waals surface area contributed by atoms with Crippen molar-refractivity contribution in [1.82, 2.24) is 15.1 Å². The van der Waals surface area contributed by atoms with Crippen LogP contribution < -0.4 is 5.32 Å². The van der Waals surface area contributed by atoms with Crippen molar-refractivity contribution in [3.8, 4) is 0 Å². The third-order valence-corrected chi connectivity index (χ3v) is 5.08. The average molecular weight is 351 g/mol. The molecular weight excluding hydrogens is 322 g/mol. The van der Waals surface area contributed by atoms with Crippen LogP contribution >= 0.6 is 0 Å². The largest absolute Gasteiger partial charge is 0.481 e. The summed E-state index contributed by atoms with van der Waals surface area (Å²) in [4.78, 5) is 24.0. The number of nitrogens with one attached hydrogen (secondary N) is 1. The maximum Gasteiger partial charge on any atom is 0.308 e. The van der Waals surface area contributed by atoms with E-state index in [1.807, 2.05) is 11.6 Å². The Morgan fingerprint density at radius 1 is 1.36 bits per heavy atom. The van der Waals surface area contributed by atoms with Gasteiger partial charge < -0.3 is 15.2 Å². The summed E-state index contributed by atoms with van der Waals surface area (Å²) in [6.07, 6.45) is 3.33. The zero-order valence-corrected chi connectivity index (χ0v) is 15.3. The molecule has 0 saturated carbocycles. The minimum absolute atomic E-state index is 0.0374. The Labute approximate surface area is 148 Å². The summed E-state index contributed by atoms with van der Waals surface area (Å²) in [5.41, 5.74) is 1.29. The van der Waals surface area contributed by atoms with E-state index in [4.69, 9.17) is 4.74 Å². The molecule has 1 fully saturated rings. The minimum Gasteiger partial charge on any atom is -0.481 e. The predicted molar refractivity (Wildman–Crippen MR) is 93.6 cm³/mol. The molecule has 7 nitrogen and oxygen atoms in total. The molecule has 0 aliphatic carbocycles. The maximum atomic E-state index is 12.4. The van der Waals surface area contributed by atoms with Crippen LogP contribution in [0.15, 0.2) is 6.07 Å². The van der Waals surface area contributed by atoms with Crippen LogP contribution in [0.2, 0.25) is 0 Å². The number of aliphatic carboxylic acids is 1. The Morgan fingerprint density at radius 3 is 2.56 bits per heavy atom. The highest BCUT2D eigenvalue weighted by Crippen LogP contribution is 2.24. The number of carbonyl (C=O) groups excluding carboxylic acids is 1. The Balaban J connectivity index is 2.01. The number of carbonyl (C=O) groups is 2. The SMILES string of the molecule is CCC(CC)n1nc(C(=O)NCC(C(=O)O)C2CCOCC2)cc1C. The Kier molecular flexibility index (Phi) is 6.99. The topological polar surface area (TPSA) is 93.5 Å². The first kappa shape index (κ1) is 19.4. The van der Waals surface area contributed by atoms with Gasteiger partial charge >= 0.3 is 5.97 Å². The lowest BCUT2D eigenvalue weighted by Crippen LogP contribution is -2.39. The van der Waals surface area contributed by atoms with Gasteiger partial charge in [0.25, 0.3) is 5.91 Å². The number of carboxylic acid groups (broad SMARTS) is 1. The fourth-order valence-corrected chi connectivity index (χ4v) is 3.47. The zero-order chi connectivity index (χ0) is 18.4. The molecule has 2 heterocycles. The Hall–Kier alpha value is -1.89. The maximum absolute atomic E-state index is 12.4. The van der Waals surface area contributed by atoms with E-state index in [9.17, 15) is 14.7 Å². The molecular formula is C18H29N3O4. The number of carboxylic acids is 1. The van der Waals surface area contributed by atoms with Crippen molar-refractivity contribution in [3.63, 3.8) is 0 Å². The lowest BCUT2D eigenvalue weighted by Gasteiger charge is -2.27. The van der Waals surface area contributed by atoms with Crippen molar-refractivity contribution in [3.05, 3.63) is 17.5 Å². The highest BCUT2D eigenvalue weighted by molar-refractivity contribution is 5.92. The molecule has 1 aliphatic rings. The quantitative estimate of drug-likeness (QED) is 0.750. The molecule has 0 bridgehead atoms. The standard InChI is InChI=1S/C18H29N3O4/c1-4-14(5-2)21-12(3)10-16(20-21)17(22)19-11-15(18(23)24)13-6-8-25-9-7-13/h10,13-15H,4-9,11H2,1-3H3,(H,19,22)(H,23,24). The van der Waals surface area contributed by atoms with Gasteiger partial charge in [0.05, 0.1) is 12.0 Å². The number of hydrogen-bond donors (Lipinski definition) is 2. The lowest BCUT2D eigenvalue weighted by molar-refractivity contribution is -0.144. The van der Waals surface area contributed by atoms with Crippen molar-refractivity contribution in [2.24, 2.45) is 11.8 Å². The first-order valence-corrected chi connectivity index (χ1v) is 9.12. The smallest absolute Gasteiger partial charge is 0.308 e. The molecule has 1 aliphatic heterocycles. The second-order valence-electron chi connectivity index (χ2n) is 6.69. The highest BCUT2D eigenvalue weighted by atomic mass is 16.5. The van der Waals surface area contributed by atoms with E-state index in [2.05, 4.69) is 24.3 Å². The van der Waals surface area contributed by atoms with Gasteiger partial charge in [0, 0.05) is 25.5 Å².